The zero-order valence-electron chi connectivity index (χ0n) is 19.2. The van der Waals surface area contributed by atoms with E-state index in [2.05, 4.69) is 0 Å². The van der Waals surface area contributed by atoms with Gasteiger partial charge in [0.15, 0.2) is 17.2 Å². The number of ketones is 1. The first-order valence-corrected chi connectivity index (χ1v) is 11.1. The summed E-state index contributed by atoms with van der Waals surface area (Å²) in [6.45, 7) is 11.9. The fourth-order valence-corrected chi connectivity index (χ4v) is 7.19. The molecule has 174 valence electrons. The third kappa shape index (κ3) is 2.18. The maximum atomic E-state index is 13.4. The highest BCUT2D eigenvalue weighted by atomic mass is 16.8. The van der Waals surface area contributed by atoms with E-state index in [1.54, 1.807) is 54.5 Å². The first-order chi connectivity index (χ1) is 14.0. The quantitative estimate of drug-likeness (QED) is 0.398. The lowest BCUT2D eigenvalue weighted by Crippen LogP contribution is -2.75. The van der Waals surface area contributed by atoms with Crippen molar-refractivity contribution >= 4 is 5.78 Å². The van der Waals surface area contributed by atoms with Crippen molar-refractivity contribution in [1.82, 2.24) is 0 Å². The Morgan fingerprint density at radius 1 is 1.06 bits per heavy atom. The Bertz CT molecular complexity index is 892. The fraction of sp³-hybridized carbons (Fsp3) is 0.870. The van der Waals surface area contributed by atoms with Gasteiger partial charge in [0.05, 0.1) is 30.0 Å². The minimum absolute atomic E-state index is 0.0818. The van der Waals surface area contributed by atoms with Gasteiger partial charge in [-0.05, 0) is 33.3 Å². The minimum Gasteiger partial charge on any atom is -0.390 e. The Kier molecular flexibility index (Phi) is 3.97. The van der Waals surface area contributed by atoms with Crippen molar-refractivity contribution in [3.05, 3.63) is 11.6 Å². The highest BCUT2D eigenvalue weighted by molar-refractivity contribution is 6.05. The molecule has 2 heterocycles. The molecule has 8 heteroatoms. The van der Waals surface area contributed by atoms with Crippen LogP contribution in [0.3, 0.4) is 0 Å². The van der Waals surface area contributed by atoms with E-state index in [0.717, 1.165) is 0 Å². The molecule has 2 aliphatic heterocycles. The van der Waals surface area contributed by atoms with Gasteiger partial charge in [0, 0.05) is 23.2 Å². The summed E-state index contributed by atoms with van der Waals surface area (Å²) in [5, 5.41) is 47.0. The molecule has 0 amide bonds. The number of Topliss-reactive ketones (excluding diaryl/α,β-unsaturated/α-hetero) is 1. The van der Waals surface area contributed by atoms with Crippen molar-refractivity contribution < 1.29 is 39.4 Å². The molecule has 10 atom stereocenters. The summed E-state index contributed by atoms with van der Waals surface area (Å²) >= 11 is 0. The Morgan fingerprint density at radius 2 is 1.68 bits per heavy atom. The predicted octanol–water partition coefficient (Wildman–Crippen LogP) is 0.300. The Hall–Kier alpha value is -0.870. The SMILES string of the molecule is CC1=CC2C(O)(C1=O)C1OC(C)(C)OCC13OC3C1C2(O)C(C)C(O)C(C)(O)C1(C)C. The predicted molar refractivity (Wildman–Crippen MR) is 108 cm³/mol. The van der Waals surface area contributed by atoms with E-state index in [1.165, 1.54) is 0 Å². The molecule has 8 nitrogen and oxygen atoms in total. The average Bonchev–Trinajstić information content (AvgIpc) is 3.32. The van der Waals surface area contributed by atoms with Gasteiger partial charge in [-0.25, -0.2) is 0 Å². The fourth-order valence-electron chi connectivity index (χ4n) is 7.19. The summed E-state index contributed by atoms with van der Waals surface area (Å²) in [5.74, 6) is -4.18. The maximum absolute atomic E-state index is 13.4. The van der Waals surface area contributed by atoms with Crippen LogP contribution in [0, 0.1) is 23.2 Å². The highest BCUT2D eigenvalue weighted by Crippen LogP contribution is 2.70. The zero-order valence-corrected chi connectivity index (χ0v) is 19.2. The molecule has 0 aromatic heterocycles. The standard InChI is InChI=1S/C23H34O8/c1-10-8-12-22(27)11(2)15(25)20(7,26)18(3,4)13(22)16-21(30-16)9-29-19(5,6)31-17(21)23(12,28)14(10)24/h8,11-13,15-17,25-28H,9H2,1-7H3. The van der Waals surface area contributed by atoms with E-state index in [0.29, 0.717) is 5.57 Å². The van der Waals surface area contributed by atoms with Crippen LogP contribution in [-0.2, 0) is 19.0 Å². The highest BCUT2D eigenvalue weighted by Gasteiger charge is 2.86. The molecule has 3 aliphatic carbocycles. The average molecular weight is 439 g/mol. The van der Waals surface area contributed by atoms with Crippen molar-refractivity contribution in [2.75, 3.05) is 6.61 Å². The molecule has 0 bridgehead atoms. The third-order valence-corrected chi connectivity index (χ3v) is 9.43. The minimum atomic E-state index is -2.09. The van der Waals surface area contributed by atoms with Crippen molar-refractivity contribution in [3.63, 3.8) is 0 Å². The normalized spacial score (nSPS) is 58.9. The topological polar surface area (TPSA) is 129 Å². The molecular weight excluding hydrogens is 404 g/mol. The van der Waals surface area contributed by atoms with E-state index in [1.807, 2.05) is 0 Å². The molecule has 0 radical (unpaired) electrons. The van der Waals surface area contributed by atoms with Gasteiger partial charge in [-0.1, -0.05) is 26.8 Å². The van der Waals surface area contributed by atoms with Gasteiger partial charge in [0.1, 0.15) is 11.7 Å². The molecule has 5 rings (SSSR count). The van der Waals surface area contributed by atoms with Gasteiger partial charge in [-0.15, -0.1) is 0 Å². The van der Waals surface area contributed by atoms with Gasteiger partial charge >= 0.3 is 0 Å². The van der Waals surface area contributed by atoms with Crippen LogP contribution in [0.2, 0.25) is 0 Å². The number of fused-ring (bicyclic) bond motifs is 5. The van der Waals surface area contributed by atoms with Gasteiger partial charge in [-0.3, -0.25) is 4.79 Å². The van der Waals surface area contributed by atoms with Crippen LogP contribution in [-0.4, -0.2) is 79.3 Å². The number of epoxide rings is 1. The Morgan fingerprint density at radius 3 is 2.29 bits per heavy atom. The second-order valence-electron chi connectivity index (χ2n) is 11.6. The number of rotatable bonds is 0. The van der Waals surface area contributed by atoms with E-state index >= 15 is 0 Å². The van der Waals surface area contributed by atoms with Crippen LogP contribution < -0.4 is 0 Å². The number of carbonyl (C=O) groups excluding carboxylic acids is 1. The van der Waals surface area contributed by atoms with E-state index in [9.17, 15) is 25.2 Å². The lowest BCUT2D eigenvalue weighted by Gasteiger charge is -2.63. The molecule has 10 unspecified atom stereocenters. The molecule has 0 aromatic rings. The Labute approximate surface area is 182 Å². The molecule has 5 aliphatic rings. The molecule has 0 aromatic carbocycles. The summed E-state index contributed by atoms with van der Waals surface area (Å²) in [7, 11) is 0. The van der Waals surface area contributed by atoms with E-state index in [-0.39, 0.29) is 6.61 Å². The maximum Gasteiger partial charge on any atom is 0.193 e. The summed E-state index contributed by atoms with van der Waals surface area (Å²) in [5.41, 5.74) is -7.22. The van der Waals surface area contributed by atoms with Crippen LogP contribution in [0.5, 0.6) is 0 Å². The van der Waals surface area contributed by atoms with Gasteiger partial charge in [0.2, 0.25) is 0 Å². The molecule has 1 spiro atoms. The molecule has 4 N–H and O–H groups in total. The number of carbonyl (C=O) groups is 1. The first-order valence-electron chi connectivity index (χ1n) is 11.1. The van der Waals surface area contributed by atoms with E-state index < -0.39 is 75.5 Å². The van der Waals surface area contributed by atoms with Crippen molar-refractivity contribution in [2.45, 2.75) is 95.0 Å². The number of aliphatic hydroxyl groups is 4. The second-order valence-corrected chi connectivity index (χ2v) is 11.6. The second kappa shape index (κ2) is 5.60. The van der Waals surface area contributed by atoms with Gasteiger partial charge < -0.3 is 34.6 Å². The van der Waals surface area contributed by atoms with Gasteiger partial charge in [-0.2, -0.15) is 0 Å². The molecule has 31 heavy (non-hydrogen) atoms. The molecule has 2 saturated carbocycles. The number of ether oxygens (including phenoxy) is 3. The van der Waals surface area contributed by atoms with Crippen LogP contribution in [0.4, 0.5) is 0 Å². The molecular formula is C23H34O8. The zero-order chi connectivity index (χ0) is 23.2. The van der Waals surface area contributed by atoms with E-state index in [4.69, 9.17) is 14.2 Å². The first kappa shape index (κ1) is 21.9. The van der Waals surface area contributed by atoms with Crippen LogP contribution in [0.1, 0.15) is 48.5 Å². The van der Waals surface area contributed by atoms with Crippen molar-refractivity contribution in [1.29, 1.82) is 0 Å². The smallest absolute Gasteiger partial charge is 0.193 e. The summed E-state index contributed by atoms with van der Waals surface area (Å²) in [6, 6.07) is 0. The van der Waals surface area contributed by atoms with Crippen molar-refractivity contribution in [3.8, 4) is 0 Å². The Balaban J connectivity index is 1.80. The summed E-state index contributed by atoms with van der Waals surface area (Å²) < 4.78 is 18.3. The molecule has 2 saturated heterocycles. The van der Waals surface area contributed by atoms with Crippen LogP contribution >= 0.6 is 0 Å². The number of hydrogen-bond acceptors (Lipinski definition) is 8. The third-order valence-electron chi connectivity index (χ3n) is 9.43. The van der Waals surface area contributed by atoms with Crippen LogP contribution in [0.15, 0.2) is 11.6 Å². The van der Waals surface area contributed by atoms with Gasteiger partial charge in [0.25, 0.3) is 0 Å². The lowest BCUT2D eigenvalue weighted by molar-refractivity contribution is -0.334. The summed E-state index contributed by atoms with van der Waals surface area (Å²) in [6.07, 6.45) is -1.38. The number of aliphatic hydroxyl groups excluding tert-OH is 1. The number of hydrogen-bond donors (Lipinski definition) is 4. The summed E-state index contributed by atoms with van der Waals surface area (Å²) in [4.78, 5) is 13.4. The monoisotopic (exact) mass is 438 g/mol. The van der Waals surface area contributed by atoms with Crippen LogP contribution in [0.25, 0.3) is 0 Å². The molecule has 4 fully saturated rings. The van der Waals surface area contributed by atoms with Crippen molar-refractivity contribution in [2.24, 2.45) is 23.2 Å². The lowest BCUT2D eigenvalue weighted by atomic mass is 9.46. The largest absolute Gasteiger partial charge is 0.390 e.